The van der Waals surface area contributed by atoms with Crippen LogP contribution in [0.4, 0.5) is 11.8 Å². The Morgan fingerprint density at radius 1 is 1.14 bits per heavy atom. The van der Waals surface area contributed by atoms with Gasteiger partial charge in [-0.05, 0) is 37.6 Å². The van der Waals surface area contributed by atoms with E-state index >= 15 is 0 Å². The number of rotatable bonds is 10. The number of aliphatic hydroxyl groups excluding tert-OH is 1. The number of aliphatic hydroxyl groups is 1. The molecule has 36 heavy (non-hydrogen) atoms. The molecular weight excluding hydrogens is 458 g/mol. The molecule has 3 N–H and O–H groups in total. The molecule has 2 aromatic carbocycles. The largest absolute Gasteiger partial charge is 0.493 e. The number of likely N-dealkylation sites (tertiary alicyclic amines) is 1. The van der Waals surface area contributed by atoms with Gasteiger partial charge in [0.1, 0.15) is 12.1 Å². The van der Waals surface area contributed by atoms with E-state index in [-0.39, 0.29) is 11.8 Å². The third-order valence-corrected chi connectivity index (χ3v) is 7.14. The number of aromatic nitrogens is 2. The summed E-state index contributed by atoms with van der Waals surface area (Å²) in [5.41, 5.74) is 8.19. The van der Waals surface area contributed by atoms with Crippen LogP contribution in [0.25, 0.3) is 10.9 Å². The number of carbonyl (C=O) groups excluding carboxylic acids is 1. The molecule has 1 aromatic heterocycles. The number of likely N-dealkylation sites (N-methyl/N-ethyl adjacent to an activating group) is 1. The molecule has 1 saturated heterocycles. The van der Waals surface area contributed by atoms with Crippen LogP contribution in [0.3, 0.4) is 0 Å². The summed E-state index contributed by atoms with van der Waals surface area (Å²) >= 11 is 0. The SMILES string of the molecule is COc1cc2nc(N(C)CC3(c4ccccc4)CCN(C[C@H](O)CC=O)CC3)nc(N)c2cc1OC. The Balaban J connectivity index is 1.61. The molecule has 0 saturated carbocycles. The van der Waals surface area contributed by atoms with Gasteiger partial charge in [-0.3, -0.25) is 0 Å². The van der Waals surface area contributed by atoms with E-state index in [9.17, 15) is 9.90 Å². The number of nitrogens with two attached hydrogens (primary N) is 1. The molecule has 1 aliphatic rings. The van der Waals surface area contributed by atoms with Gasteiger partial charge in [0, 0.05) is 43.4 Å². The van der Waals surface area contributed by atoms with Crippen LogP contribution >= 0.6 is 0 Å². The molecule has 0 aliphatic carbocycles. The third kappa shape index (κ3) is 5.37. The zero-order valence-corrected chi connectivity index (χ0v) is 21.2. The highest BCUT2D eigenvalue weighted by Crippen LogP contribution is 2.38. The molecular formula is C27H35N5O4. The molecule has 2 heterocycles. The van der Waals surface area contributed by atoms with E-state index < -0.39 is 6.10 Å². The van der Waals surface area contributed by atoms with Gasteiger partial charge >= 0.3 is 0 Å². The van der Waals surface area contributed by atoms with E-state index in [0.717, 1.165) is 32.2 Å². The number of anilines is 2. The lowest BCUT2D eigenvalue weighted by Crippen LogP contribution is -2.50. The van der Waals surface area contributed by atoms with Crippen LogP contribution in [-0.4, -0.2) is 79.8 Å². The lowest BCUT2D eigenvalue weighted by molar-refractivity contribution is -0.109. The summed E-state index contributed by atoms with van der Waals surface area (Å²) in [6, 6.07) is 14.1. The highest BCUT2D eigenvalue weighted by molar-refractivity contribution is 5.91. The first-order chi connectivity index (χ1) is 17.4. The fourth-order valence-corrected chi connectivity index (χ4v) is 5.14. The number of β-amino-alcohol motifs (C(OH)–C–C–N with tert-alkyl or cyclic N) is 1. The minimum Gasteiger partial charge on any atom is -0.493 e. The Morgan fingerprint density at radius 2 is 1.81 bits per heavy atom. The fourth-order valence-electron chi connectivity index (χ4n) is 5.14. The molecule has 0 radical (unpaired) electrons. The van der Waals surface area contributed by atoms with Crippen LogP contribution in [0.5, 0.6) is 11.5 Å². The standard InChI is InChI=1S/C27H35N5O4/c1-31(26-29-22-16-24(36-3)23(35-2)15-21(22)25(28)30-26)18-27(19-7-5-4-6-8-19)10-12-32(13-11-27)17-20(34)9-14-33/h4-8,14-16,20,34H,9-13,17-18H2,1-3H3,(H2,28,29,30)/t20-/m1/s1. The third-order valence-electron chi connectivity index (χ3n) is 7.14. The summed E-state index contributed by atoms with van der Waals surface area (Å²) in [6.45, 7) is 2.88. The van der Waals surface area contributed by atoms with E-state index in [2.05, 4.69) is 39.0 Å². The van der Waals surface area contributed by atoms with Gasteiger partial charge in [0.05, 0.1) is 25.8 Å². The predicted molar refractivity (Wildman–Crippen MR) is 141 cm³/mol. The smallest absolute Gasteiger partial charge is 0.227 e. The normalized spacial score (nSPS) is 16.4. The number of methoxy groups -OCH3 is 2. The average Bonchev–Trinajstić information content (AvgIpc) is 2.89. The summed E-state index contributed by atoms with van der Waals surface area (Å²) in [6.07, 6.45) is 2.13. The Kier molecular flexibility index (Phi) is 7.91. The Morgan fingerprint density at radius 3 is 2.44 bits per heavy atom. The average molecular weight is 494 g/mol. The minimum absolute atomic E-state index is 0.118. The summed E-state index contributed by atoms with van der Waals surface area (Å²) in [4.78, 5) is 24.5. The van der Waals surface area contributed by atoms with Crippen molar-refractivity contribution in [1.82, 2.24) is 14.9 Å². The number of ether oxygens (including phenoxy) is 2. The number of nitrogens with zero attached hydrogens (tertiary/aromatic N) is 4. The van der Waals surface area contributed by atoms with Crippen molar-refractivity contribution in [3.63, 3.8) is 0 Å². The number of hydrogen-bond donors (Lipinski definition) is 2. The Hall–Kier alpha value is -3.43. The van der Waals surface area contributed by atoms with Crippen molar-refractivity contribution in [1.29, 1.82) is 0 Å². The molecule has 192 valence electrons. The molecule has 9 nitrogen and oxygen atoms in total. The highest BCUT2D eigenvalue weighted by atomic mass is 16.5. The van der Waals surface area contributed by atoms with Gasteiger partial charge in [-0.15, -0.1) is 0 Å². The second kappa shape index (κ2) is 11.1. The van der Waals surface area contributed by atoms with E-state index in [4.69, 9.17) is 20.2 Å². The highest BCUT2D eigenvalue weighted by Gasteiger charge is 2.38. The number of piperidine rings is 1. The first-order valence-electron chi connectivity index (χ1n) is 12.2. The number of aldehydes is 1. The van der Waals surface area contributed by atoms with Gasteiger partial charge in [0.15, 0.2) is 11.5 Å². The van der Waals surface area contributed by atoms with E-state index in [1.165, 1.54) is 5.56 Å². The lowest BCUT2D eigenvalue weighted by atomic mass is 9.72. The molecule has 1 atom stereocenters. The second-order valence-corrected chi connectivity index (χ2v) is 9.49. The van der Waals surface area contributed by atoms with E-state index in [1.54, 1.807) is 20.3 Å². The first-order valence-corrected chi connectivity index (χ1v) is 12.2. The monoisotopic (exact) mass is 493 g/mol. The number of fused-ring (bicyclic) bond motifs is 1. The molecule has 0 bridgehead atoms. The number of nitrogen functional groups attached to an aromatic ring is 1. The molecule has 0 unspecified atom stereocenters. The maximum Gasteiger partial charge on any atom is 0.227 e. The quantitative estimate of drug-likeness (QED) is 0.411. The topological polar surface area (TPSA) is 114 Å². The van der Waals surface area contributed by atoms with Crippen molar-refractivity contribution in [2.75, 3.05) is 58.1 Å². The van der Waals surface area contributed by atoms with Crippen molar-refractivity contribution >= 4 is 29.0 Å². The maximum absolute atomic E-state index is 10.8. The van der Waals surface area contributed by atoms with Crippen LogP contribution in [-0.2, 0) is 10.2 Å². The van der Waals surface area contributed by atoms with Crippen LogP contribution in [0.2, 0.25) is 0 Å². The predicted octanol–water partition coefficient (Wildman–Crippen LogP) is 2.65. The molecule has 0 amide bonds. The van der Waals surface area contributed by atoms with Crippen molar-refractivity contribution in [3.05, 3.63) is 48.0 Å². The first kappa shape index (κ1) is 25.7. The zero-order chi connectivity index (χ0) is 25.7. The number of benzene rings is 2. The second-order valence-electron chi connectivity index (χ2n) is 9.49. The van der Waals surface area contributed by atoms with E-state index in [1.807, 2.05) is 19.2 Å². The maximum atomic E-state index is 10.8. The molecule has 1 fully saturated rings. The van der Waals surface area contributed by atoms with Gasteiger partial charge in [-0.1, -0.05) is 30.3 Å². The van der Waals surface area contributed by atoms with Crippen LogP contribution in [0.1, 0.15) is 24.8 Å². The van der Waals surface area contributed by atoms with Gasteiger partial charge in [0.2, 0.25) is 5.95 Å². The molecule has 0 spiro atoms. The molecule has 3 aromatic rings. The summed E-state index contributed by atoms with van der Waals surface area (Å²) in [7, 11) is 5.17. The Labute approximate surface area is 211 Å². The van der Waals surface area contributed by atoms with Crippen LogP contribution < -0.4 is 20.1 Å². The Bertz CT molecular complexity index is 1180. The van der Waals surface area contributed by atoms with Gasteiger partial charge in [-0.25, -0.2) is 4.98 Å². The van der Waals surface area contributed by atoms with Gasteiger partial charge in [0.25, 0.3) is 0 Å². The van der Waals surface area contributed by atoms with E-state index in [0.29, 0.717) is 47.3 Å². The number of hydrogen-bond acceptors (Lipinski definition) is 9. The zero-order valence-electron chi connectivity index (χ0n) is 21.2. The number of carbonyl (C=O) groups is 1. The van der Waals surface area contributed by atoms with Crippen molar-refractivity contribution in [2.45, 2.75) is 30.8 Å². The molecule has 4 rings (SSSR count). The summed E-state index contributed by atoms with van der Waals surface area (Å²) < 4.78 is 10.9. The van der Waals surface area contributed by atoms with Crippen LogP contribution in [0, 0.1) is 0 Å². The van der Waals surface area contributed by atoms with Crippen molar-refractivity contribution in [2.24, 2.45) is 0 Å². The van der Waals surface area contributed by atoms with Gasteiger partial charge < -0.3 is 34.9 Å². The fraction of sp³-hybridized carbons (Fsp3) is 0.444. The van der Waals surface area contributed by atoms with Gasteiger partial charge in [-0.2, -0.15) is 4.98 Å². The minimum atomic E-state index is -0.626. The summed E-state index contributed by atoms with van der Waals surface area (Å²) in [5.74, 6) is 2.10. The van der Waals surface area contributed by atoms with Crippen molar-refractivity contribution in [3.8, 4) is 11.5 Å². The lowest BCUT2D eigenvalue weighted by Gasteiger charge is -2.44. The summed E-state index contributed by atoms with van der Waals surface area (Å²) in [5, 5.41) is 10.8. The van der Waals surface area contributed by atoms with Crippen LogP contribution in [0.15, 0.2) is 42.5 Å². The molecule has 9 heteroatoms. The van der Waals surface area contributed by atoms with Crippen molar-refractivity contribution < 1.29 is 19.4 Å². The molecule has 1 aliphatic heterocycles.